The second-order valence-corrected chi connectivity index (χ2v) is 7.23. The van der Waals surface area contributed by atoms with Crippen LogP contribution in [0, 0.1) is 5.92 Å². The molecule has 0 bridgehead atoms. The summed E-state index contributed by atoms with van der Waals surface area (Å²) >= 11 is 7.43. The van der Waals surface area contributed by atoms with Crippen LogP contribution < -0.4 is 10.6 Å². The fourth-order valence-electron chi connectivity index (χ4n) is 2.27. The number of hydrogen-bond acceptors (Lipinski definition) is 3. The minimum atomic E-state index is -0.210. The SMILES string of the molecule is CC(C)[C@@H](NC(=O)CCNC(=O)c1ccc(Cl)cc1)c1cccs1. The summed E-state index contributed by atoms with van der Waals surface area (Å²) in [5.74, 6) is 0.0212. The summed E-state index contributed by atoms with van der Waals surface area (Å²) in [5.41, 5.74) is 0.526. The first-order valence-corrected chi connectivity index (χ1v) is 9.09. The Morgan fingerprint density at radius 3 is 2.46 bits per heavy atom. The van der Waals surface area contributed by atoms with Crippen LogP contribution in [0.1, 0.15) is 41.5 Å². The van der Waals surface area contributed by atoms with Gasteiger partial charge in [0.05, 0.1) is 6.04 Å². The maximum Gasteiger partial charge on any atom is 0.251 e. The number of carbonyl (C=O) groups is 2. The fourth-order valence-corrected chi connectivity index (χ4v) is 3.35. The Kier molecular flexibility index (Phi) is 6.82. The normalized spacial score (nSPS) is 12.0. The molecule has 128 valence electrons. The Hall–Kier alpha value is -1.85. The molecule has 0 saturated carbocycles. The Morgan fingerprint density at radius 2 is 1.88 bits per heavy atom. The molecule has 0 radical (unpaired) electrons. The van der Waals surface area contributed by atoms with Gasteiger partial charge in [-0.1, -0.05) is 31.5 Å². The predicted molar refractivity (Wildman–Crippen MR) is 98.4 cm³/mol. The first-order chi connectivity index (χ1) is 11.5. The molecule has 0 aliphatic heterocycles. The summed E-state index contributed by atoms with van der Waals surface area (Å²) in [7, 11) is 0. The highest BCUT2D eigenvalue weighted by Crippen LogP contribution is 2.25. The molecule has 1 aromatic heterocycles. The molecule has 0 fully saturated rings. The van der Waals surface area contributed by atoms with Gasteiger partial charge in [0.1, 0.15) is 0 Å². The van der Waals surface area contributed by atoms with E-state index in [-0.39, 0.29) is 24.3 Å². The van der Waals surface area contributed by atoms with Gasteiger partial charge in [-0.2, -0.15) is 0 Å². The number of thiophene rings is 1. The van der Waals surface area contributed by atoms with Crippen LogP contribution in [0.4, 0.5) is 0 Å². The second-order valence-electron chi connectivity index (χ2n) is 5.82. The molecule has 0 spiro atoms. The van der Waals surface area contributed by atoms with E-state index in [2.05, 4.69) is 24.5 Å². The molecule has 4 nitrogen and oxygen atoms in total. The molecule has 1 aromatic carbocycles. The van der Waals surface area contributed by atoms with Crippen molar-refractivity contribution in [3.8, 4) is 0 Å². The van der Waals surface area contributed by atoms with Crippen molar-refractivity contribution in [3.63, 3.8) is 0 Å². The molecule has 2 N–H and O–H groups in total. The number of nitrogens with one attached hydrogen (secondary N) is 2. The molecule has 0 aliphatic carbocycles. The number of amides is 2. The zero-order valence-corrected chi connectivity index (χ0v) is 15.3. The lowest BCUT2D eigenvalue weighted by atomic mass is 10.0. The van der Waals surface area contributed by atoms with Crippen LogP contribution in [0.25, 0.3) is 0 Å². The third kappa shape index (κ3) is 5.35. The van der Waals surface area contributed by atoms with Gasteiger partial charge in [0.15, 0.2) is 0 Å². The molecular formula is C18H21ClN2O2S. The summed E-state index contributed by atoms with van der Waals surface area (Å²) < 4.78 is 0. The molecule has 1 atom stereocenters. The van der Waals surface area contributed by atoms with E-state index in [1.807, 2.05) is 17.5 Å². The van der Waals surface area contributed by atoms with Crippen molar-refractivity contribution >= 4 is 34.8 Å². The molecule has 2 rings (SSSR count). The van der Waals surface area contributed by atoms with Gasteiger partial charge in [-0.05, 0) is 41.6 Å². The molecule has 2 amide bonds. The van der Waals surface area contributed by atoms with E-state index in [4.69, 9.17) is 11.6 Å². The Bertz CT molecular complexity index is 669. The first kappa shape index (κ1) is 18.5. The smallest absolute Gasteiger partial charge is 0.251 e. The number of hydrogen-bond donors (Lipinski definition) is 2. The van der Waals surface area contributed by atoms with E-state index in [1.54, 1.807) is 35.6 Å². The summed E-state index contributed by atoms with van der Waals surface area (Å²) in [5, 5.41) is 8.37. The molecule has 6 heteroatoms. The third-order valence-corrected chi connectivity index (χ3v) is 4.78. The highest BCUT2D eigenvalue weighted by atomic mass is 35.5. The maximum atomic E-state index is 12.1. The zero-order valence-electron chi connectivity index (χ0n) is 13.7. The first-order valence-electron chi connectivity index (χ1n) is 7.84. The summed E-state index contributed by atoms with van der Waals surface area (Å²) in [6, 6.07) is 10.7. The molecule has 0 saturated heterocycles. The topological polar surface area (TPSA) is 58.2 Å². The largest absolute Gasteiger partial charge is 0.352 e. The van der Waals surface area contributed by atoms with Crippen LogP contribution >= 0.6 is 22.9 Å². The van der Waals surface area contributed by atoms with E-state index in [1.165, 1.54) is 0 Å². The second kappa shape index (κ2) is 8.85. The summed E-state index contributed by atoms with van der Waals surface area (Å²) in [6.07, 6.45) is 0.244. The fraction of sp³-hybridized carbons (Fsp3) is 0.333. The van der Waals surface area contributed by atoms with Gasteiger partial charge >= 0.3 is 0 Å². The van der Waals surface area contributed by atoms with E-state index < -0.39 is 0 Å². The molecule has 0 aliphatic rings. The van der Waals surface area contributed by atoms with Crippen molar-refractivity contribution in [1.29, 1.82) is 0 Å². The van der Waals surface area contributed by atoms with E-state index in [0.29, 0.717) is 23.0 Å². The van der Waals surface area contributed by atoms with Crippen LogP contribution in [0.15, 0.2) is 41.8 Å². The molecule has 1 heterocycles. The molecule has 2 aromatic rings. The molecule has 24 heavy (non-hydrogen) atoms. The molecule has 0 unspecified atom stereocenters. The highest BCUT2D eigenvalue weighted by molar-refractivity contribution is 7.10. The maximum absolute atomic E-state index is 12.1. The Balaban J connectivity index is 1.80. The van der Waals surface area contributed by atoms with Gasteiger partial charge in [0, 0.05) is 28.4 Å². The predicted octanol–water partition coefficient (Wildman–Crippen LogP) is 4.03. The Labute approximate surface area is 151 Å². The lowest BCUT2D eigenvalue weighted by Gasteiger charge is -2.21. The lowest BCUT2D eigenvalue weighted by Crippen LogP contribution is -2.34. The van der Waals surface area contributed by atoms with Crippen LogP contribution in [-0.4, -0.2) is 18.4 Å². The van der Waals surface area contributed by atoms with Crippen molar-refractivity contribution < 1.29 is 9.59 Å². The number of halogens is 1. The molecular weight excluding hydrogens is 344 g/mol. The third-order valence-electron chi connectivity index (χ3n) is 3.58. The minimum absolute atomic E-state index is 0.00414. The van der Waals surface area contributed by atoms with E-state index in [9.17, 15) is 9.59 Å². The van der Waals surface area contributed by atoms with Gasteiger partial charge in [0.2, 0.25) is 5.91 Å². The van der Waals surface area contributed by atoms with E-state index >= 15 is 0 Å². The average molecular weight is 365 g/mol. The quantitative estimate of drug-likeness (QED) is 0.779. The standard InChI is InChI=1S/C18H21ClN2O2S/c1-12(2)17(15-4-3-11-24-15)21-16(22)9-10-20-18(23)13-5-7-14(19)8-6-13/h3-8,11-12,17H,9-10H2,1-2H3,(H,20,23)(H,21,22)/t17-/m1/s1. The van der Waals surface area contributed by atoms with Crippen molar-refractivity contribution in [2.24, 2.45) is 5.92 Å². The van der Waals surface area contributed by atoms with Gasteiger partial charge in [-0.15, -0.1) is 11.3 Å². The van der Waals surface area contributed by atoms with Crippen LogP contribution in [0.3, 0.4) is 0 Å². The lowest BCUT2D eigenvalue weighted by molar-refractivity contribution is -0.122. The van der Waals surface area contributed by atoms with Gasteiger partial charge < -0.3 is 10.6 Å². The average Bonchev–Trinajstić information content (AvgIpc) is 3.07. The summed E-state index contributed by atoms with van der Waals surface area (Å²) in [6.45, 7) is 4.45. The van der Waals surface area contributed by atoms with Gasteiger partial charge in [-0.3, -0.25) is 9.59 Å². The van der Waals surface area contributed by atoms with Crippen LogP contribution in [-0.2, 0) is 4.79 Å². The number of rotatable bonds is 7. The van der Waals surface area contributed by atoms with Crippen molar-refractivity contribution in [3.05, 3.63) is 57.2 Å². The zero-order chi connectivity index (χ0) is 17.5. The van der Waals surface area contributed by atoms with Crippen molar-refractivity contribution in [2.45, 2.75) is 26.3 Å². The highest BCUT2D eigenvalue weighted by Gasteiger charge is 2.19. The Morgan fingerprint density at radius 1 is 1.17 bits per heavy atom. The van der Waals surface area contributed by atoms with Gasteiger partial charge in [-0.25, -0.2) is 0 Å². The number of benzene rings is 1. The van der Waals surface area contributed by atoms with Crippen molar-refractivity contribution in [2.75, 3.05) is 6.54 Å². The van der Waals surface area contributed by atoms with E-state index in [0.717, 1.165) is 4.88 Å². The van der Waals surface area contributed by atoms with Gasteiger partial charge in [0.25, 0.3) is 5.91 Å². The minimum Gasteiger partial charge on any atom is -0.352 e. The van der Waals surface area contributed by atoms with Crippen LogP contribution in [0.2, 0.25) is 5.02 Å². The summed E-state index contributed by atoms with van der Waals surface area (Å²) in [4.78, 5) is 25.3. The van der Waals surface area contributed by atoms with Crippen LogP contribution in [0.5, 0.6) is 0 Å². The van der Waals surface area contributed by atoms with Crippen molar-refractivity contribution in [1.82, 2.24) is 10.6 Å². The monoisotopic (exact) mass is 364 g/mol. The number of carbonyl (C=O) groups excluding carboxylic acids is 2.